The van der Waals surface area contributed by atoms with E-state index in [1.54, 1.807) is 10.7 Å². The van der Waals surface area contributed by atoms with Gasteiger partial charge >= 0.3 is 0 Å². The number of hydrogen-bond acceptors (Lipinski definition) is 2. The first-order valence-corrected chi connectivity index (χ1v) is 9.52. The summed E-state index contributed by atoms with van der Waals surface area (Å²) in [7, 11) is 0. The number of rotatable bonds is 5. The zero-order valence-electron chi connectivity index (χ0n) is 16.1. The van der Waals surface area contributed by atoms with Gasteiger partial charge in [-0.2, -0.15) is 5.10 Å². The number of aromatic nitrogens is 2. The van der Waals surface area contributed by atoms with Crippen LogP contribution >= 0.6 is 11.6 Å². The Labute approximate surface area is 165 Å². The fraction of sp³-hybridized carbons (Fsp3) is 0.273. The zero-order valence-corrected chi connectivity index (χ0v) is 16.8. The first-order valence-electron chi connectivity index (χ1n) is 9.14. The topological polar surface area (TPSA) is 46.9 Å². The molecule has 0 fully saturated rings. The first kappa shape index (κ1) is 19.2. The Kier molecular flexibility index (Phi) is 5.66. The van der Waals surface area contributed by atoms with Gasteiger partial charge in [0.25, 0.3) is 5.91 Å². The third-order valence-electron chi connectivity index (χ3n) is 4.82. The van der Waals surface area contributed by atoms with Crippen molar-refractivity contribution < 1.29 is 4.79 Å². The SMILES string of the molecule is CC[C@H](C)NC(=O)c1cc(-c2ccc(C)c(C)c2)nn1-c1ccccc1Cl. The number of carbonyl (C=O) groups excluding carboxylic acids is 1. The van der Waals surface area contributed by atoms with Crippen LogP contribution in [0.25, 0.3) is 16.9 Å². The molecule has 3 rings (SSSR count). The van der Waals surface area contributed by atoms with Crippen molar-refractivity contribution in [1.29, 1.82) is 0 Å². The van der Waals surface area contributed by atoms with E-state index in [2.05, 4.69) is 31.3 Å². The van der Waals surface area contributed by atoms with Crippen LogP contribution in [0.2, 0.25) is 5.02 Å². The first-order chi connectivity index (χ1) is 12.9. The Morgan fingerprint density at radius 2 is 1.89 bits per heavy atom. The highest BCUT2D eigenvalue weighted by Gasteiger charge is 2.20. The van der Waals surface area contributed by atoms with Gasteiger partial charge in [0.05, 0.1) is 16.4 Å². The summed E-state index contributed by atoms with van der Waals surface area (Å²) in [5.74, 6) is -0.160. The zero-order chi connectivity index (χ0) is 19.6. The molecule has 0 aliphatic rings. The normalized spacial score (nSPS) is 12.0. The van der Waals surface area contributed by atoms with Crippen LogP contribution in [-0.2, 0) is 0 Å². The number of benzene rings is 2. The molecular weight excluding hydrogens is 358 g/mol. The van der Waals surface area contributed by atoms with E-state index in [4.69, 9.17) is 16.7 Å². The van der Waals surface area contributed by atoms with E-state index in [0.717, 1.165) is 17.7 Å². The largest absolute Gasteiger partial charge is 0.348 e. The minimum absolute atomic E-state index is 0.0807. The number of amides is 1. The molecular formula is C22H24ClN3O. The molecule has 0 aliphatic heterocycles. The second-order valence-electron chi connectivity index (χ2n) is 6.86. The Balaban J connectivity index is 2.12. The summed E-state index contributed by atoms with van der Waals surface area (Å²) in [5.41, 5.74) is 5.28. The van der Waals surface area contributed by atoms with E-state index in [0.29, 0.717) is 16.4 Å². The molecule has 1 amide bonds. The summed E-state index contributed by atoms with van der Waals surface area (Å²) in [4.78, 5) is 12.9. The van der Waals surface area contributed by atoms with E-state index in [9.17, 15) is 4.79 Å². The van der Waals surface area contributed by atoms with Gasteiger partial charge in [0, 0.05) is 11.6 Å². The number of halogens is 1. The summed E-state index contributed by atoms with van der Waals surface area (Å²) in [6, 6.07) is 15.5. The lowest BCUT2D eigenvalue weighted by Crippen LogP contribution is -2.33. The molecule has 140 valence electrons. The van der Waals surface area contributed by atoms with Crippen LogP contribution < -0.4 is 5.32 Å². The lowest BCUT2D eigenvalue weighted by Gasteiger charge is -2.13. The van der Waals surface area contributed by atoms with Crippen LogP contribution in [0, 0.1) is 13.8 Å². The molecule has 0 bridgehead atoms. The van der Waals surface area contributed by atoms with Gasteiger partial charge in [-0.15, -0.1) is 0 Å². The molecule has 27 heavy (non-hydrogen) atoms. The number of hydrogen-bond donors (Lipinski definition) is 1. The van der Waals surface area contributed by atoms with E-state index in [-0.39, 0.29) is 11.9 Å². The van der Waals surface area contributed by atoms with Crippen molar-refractivity contribution in [2.24, 2.45) is 0 Å². The van der Waals surface area contributed by atoms with E-state index in [1.165, 1.54) is 11.1 Å². The van der Waals surface area contributed by atoms with Gasteiger partial charge in [-0.25, -0.2) is 4.68 Å². The van der Waals surface area contributed by atoms with Crippen LogP contribution in [0.1, 0.15) is 41.9 Å². The Morgan fingerprint density at radius 1 is 1.15 bits per heavy atom. The summed E-state index contributed by atoms with van der Waals surface area (Å²) in [5, 5.41) is 8.27. The summed E-state index contributed by atoms with van der Waals surface area (Å²) in [6.07, 6.45) is 0.857. The molecule has 1 atom stereocenters. The Bertz CT molecular complexity index is 977. The standard InChI is InChI=1S/C22H24ClN3O/c1-5-16(4)24-22(27)21-13-19(17-11-10-14(2)15(3)12-17)25-26(21)20-9-7-6-8-18(20)23/h6-13,16H,5H2,1-4H3,(H,24,27)/t16-/m0/s1. The fourth-order valence-electron chi connectivity index (χ4n) is 2.79. The van der Waals surface area contributed by atoms with Crippen molar-refractivity contribution in [3.05, 3.63) is 70.4 Å². The number of nitrogens with one attached hydrogen (secondary N) is 1. The molecule has 0 spiro atoms. The van der Waals surface area contributed by atoms with Gasteiger partial charge in [-0.05, 0) is 62.6 Å². The molecule has 0 saturated heterocycles. The van der Waals surface area contributed by atoms with Gasteiger partial charge in [0.1, 0.15) is 5.69 Å². The second kappa shape index (κ2) is 7.97. The smallest absolute Gasteiger partial charge is 0.270 e. The van der Waals surface area contributed by atoms with E-state index >= 15 is 0 Å². The predicted molar refractivity (Wildman–Crippen MR) is 111 cm³/mol. The number of aryl methyl sites for hydroxylation is 2. The Hall–Kier alpha value is -2.59. The average Bonchev–Trinajstić information content (AvgIpc) is 3.09. The van der Waals surface area contributed by atoms with Crippen LogP contribution in [-0.4, -0.2) is 21.7 Å². The molecule has 3 aromatic rings. The minimum atomic E-state index is -0.160. The highest BCUT2D eigenvalue weighted by atomic mass is 35.5. The number of nitrogens with zero attached hydrogens (tertiary/aromatic N) is 2. The number of carbonyl (C=O) groups is 1. The second-order valence-corrected chi connectivity index (χ2v) is 7.27. The maximum atomic E-state index is 12.9. The lowest BCUT2D eigenvalue weighted by atomic mass is 10.0. The molecule has 0 aliphatic carbocycles. The van der Waals surface area contributed by atoms with Crippen LogP contribution in [0.4, 0.5) is 0 Å². The highest BCUT2D eigenvalue weighted by Crippen LogP contribution is 2.27. The third-order valence-corrected chi connectivity index (χ3v) is 5.13. The Morgan fingerprint density at radius 3 is 2.56 bits per heavy atom. The molecule has 0 radical (unpaired) electrons. The van der Waals surface area contributed by atoms with Crippen molar-refractivity contribution in [2.45, 2.75) is 40.2 Å². The summed E-state index contributed by atoms with van der Waals surface area (Å²) >= 11 is 6.38. The molecule has 0 unspecified atom stereocenters. The minimum Gasteiger partial charge on any atom is -0.348 e. The molecule has 0 saturated carbocycles. The van der Waals surface area contributed by atoms with Gasteiger partial charge in [0.2, 0.25) is 0 Å². The monoisotopic (exact) mass is 381 g/mol. The van der Waals surface area contributed by atoms with Crippen molar-refractivity contribution in [3.63, 3.8) is 0 Å². The van der Waals surface area contributed by atoms with E-state index < -0.39 is 0 Å². The summed E-state index contributed by atoms with van der Waals surface area (Å²) in [6.45, 7) is 8.17. The molecule has 1 heterocycles. The number of para-hydroxylation sites is 1. The maximum absolute atomic E-state index is 12.9. The van der Waals surface area contributed by atoms with Crippen LogP contribution in [0.5, 0.6) is 0 Å². The maximum Gasteiger partial charge on any atom is 0.270 e. The van der Waals surface area contributed by atoms with Gasteiger partial charge < -0.3 is 5.32 Å². The average molecular weight is 382 g/mol. The molecule has 5 heteroatoms. The predicted octanol–water partition coefficient (Wildman–Crippen LogP) is 5.34. The molecule has 4 nitrogen and oxygen atoms in total. The van der Waals surface area contributed by atoms with Crippen molar-refractivity contribution in [2.75, 3.05) is 0 Å². The lowest BCUT2D eigenvalue weighted by molar-refractivity contribution is 0.0931. The van der Waals surface area contributed by atoms with Crippen molar-refractivity contribution in [3.8, 4) is 16.9 Å². The van der Waals surface area contributed by atoms with Crippen LogP contribution in [0.3, 0.4) is 0 Å². The molecule has 2 aromatic carbocycles. The summed E-state index contributed by atoms with van der Waals surface area (Å²) < 4.78 is 1.63. The van der Waals surface area contributed by atoms with Crippen molar-refractivity contribution >= 4 is 17.5 Å². The van der Waals surface area contributed by atoms with Gasteiger partial charge in [0.15, 0.2) is 0 Å². The highest BCUT2D eigenvalue weighted by molar-refractivity contribution is 6.32. The molecule has 1 N–H and O–H groups in total. The van der Waals surface area contributed by atoms with E-state index in [1.807, 2.05) is 44.2 Å². The quantitative estimate of drug-likeness (QED) is 0.648. The third kappa shape index (κ3) is 4.06. The van der Waals surface area contributed by atoms with Crippen molar-refractivity contribution in [1.82, 2.24) is 15.1 Å². The van der Waals surface area contributed by atoms with Gasteiger partial charge in [-0.1, -0.05) is 42.8 Å². The van der Waals surface area contributed by atoms with Crippen LogP contribution in [0.15, 0.2) is 48.5 Å². The molecule has 1 aromatic heterocycles. The fourth-order valence-corrected chi connectivity index (χ4v) is 3.01. The van der Waals surface area contributed by atoms with Gasteiger partial charge in [-0.3, -0.25) is 4.79 Å².